The highest BCUT2D eigenvalue weighted by Crippen LogP contribution is 2.41. The topological polar surface area (TPSA) is 83.6 Å². The number of aromatic amines is 1. The second kappa shape index (κ2) is 7.75. The van der Waals surface area contributed by atoms with Crippen LogP contribution in [-0.2, 0) is 16.6 Å². The maximum atomic E-state index is 12.2. The van der Waals surface area contributed by atoms with Gasteiger partial charge in [0.1, 0.15) is 0 Å². The van der Waals surface area contributed by atoms with Crippen LogP contribution in [0.3, 0.4) is 0 Å². The molecule has 1 saturated carbocycles. The van der Waals surface area contributed by atoms with Crippen molar-refractivity contribution in [1.82, 2.24) is 25.9 Å². The van der Waals surface area contributed by atoms with E-state index in [-0.39, 0.29) is 11.3 Å². The van der Waals surface area contributed by atoms with Crippen LogP contribution in [0, 0.1) is 0 Å². The molecule has 0 bridgehead atoms. The number of rotatable bonds is 7. The number of H-pyrrole nitrogens is 1. The van der Waals surface area contributed by atoms with Gasteiger partial charge in [0.15, 0.2) is 5.82 Å². The molecule has 1 aliphatic carbocycles. The molecule has 0 spiro atoms. The molecule has 1 heterocycles. The highest BCUT2D eigenvalue weighted by atomic mass is 35.5. The van der Waals surface area contributed by atoms with Crippen LogP contribution in [0.15, 0.2) is 24.3 Å². The van der Waals surface area contributed by atoms with Gasteiger partial charge in [0.05, 0.1) is 0 Å². The van der Waals surface area contributed by atoms with E-state index in [4.69, 9.17) is 11.6 Å². The molecule has 7 heteroatoms. The molecule has 1 fully saturated rings. The van der Waals surface area contributed by atoms with Crippen molar-refractivity contribution < 1.29 is 4.79 Å². The minimum Gasteiger partial charge on any atom is -0.355 e. The standard InChI is InChI=1S/C17H22ClN5O/c18-14-6-3-5-13(11-14)17(9-1-2-10-17)12-19-16(24)8-4-7-15-20-22-23-21-15/h3,5-6,11H,1-2,4,7-10,12H2,(H,19,24)(H,20,21,22,23). The Morgan fingerprint density at radius 2 is 2.17 bits per heavy atom. The van der Waals surface area contributed by atoms with E-state index in [0.29, 0.717) is 25.2 Å². The highest BCUT2D eigenvalue weighted by molar-refractivity contribution is 6.30. The molecular weight excluding hydrogens is 326 g/mol. The van der Waals surface area contributed by atoms with E-state index in [2.05, 4.69) is 32.0 Å². The van der Waals surface area contributed by atoms with E-state index in [0.717, 1.165) is 24.3 Å². The molecule has 6 nitrogen and oxygen atoms in total. The van der Waals surface area contributed by atoms with E-state index in [1.165, 1.54) is 18.4 Å². The Balaban J connectivity index is 1.53. The van der Waals surface area contributed by atoms with Crippen molar-refractivity contribution in [3.8, 4) is 0 Å². The van der Waals surface area contributed by atoms with Crippen LogP contribution < -0.4 is 5.32 Å². The summed E-state index contributed by atoms with van der Waals surface area (Å²) in [5.74, 6) is 0.723. The van der Waals surface area contributed by atoms with Crippen LogP contribution in [0.5, 0.6) is 0 Å². The Bertz CT molecular complexity index is 667. The minimum absolute atomic E-state index is 0.0221. The van der Waals surface area contributed by atoms with Gasteiger partial charge in [-0.3, -0.25) is 4.79 Å². The maximum absolute atomic E-state index is 12.2. The zero-order valence-electron chi connectivity index (χ0n) is 13.6. The van der Waals surface area contributed by atoms with Crippen molar-refractivity contribution in [2.45, 2.75) is 50.4 Å². The summed E-state index contributed by atoms with van der Waals surface area (Å²) >= 11 is 6.16. The van der Waals surface area contributed by atoms with Crippen LogP contribution in [0.25, 0.3) is 0 Å². The van der Waals surface area contributed by atoms with E-state index >= 15 is 0 Å². The highest BCUT2D eigenvalue weighted by Gasteiger charge is 2.35. The van der Waals surface area contributed by atoms with Gasteiger partial charge >= 0.3 is 0 Å². The van der Waals surface area contributed by atoms with Gasteiger partial charge in [0.25, 0.3) is 0 Å². The second-order valence-corrected chi connectivity index (χ2v) is 6.89. The van der Waals surface area contributed by atoms with Crippen molar-refractivity contribution in [3.63, 3.8) is 0 Å². The second-order valence-electron chi connectivity index (χ2n) is 6.46. The minimum atomic E-state index is 0.0221. The zero-order valence-corrected chi connectivity index (χ0v) is 14.4. The average Bonchev–Trinajstić information content (AvgIpc) is 3.25. The largest absolute Gasteiger partial charge is 0.355 e. The Kier molecular flexibility index (Phi) is 5.45. The molecule has 0 unspecified atom stereocenters. The molecule has 24 heavy (non-hydrogen) atoms. The van der Waals surface area contributed by atoms with Crippen LogP contribution in [-0.4, -0.2) is 33.1 Å². The summed E-state index contributed by atoms with van der Waals surface area (Å²) in [6.45, 7) is 0.675. The molecule has 0 radical (unpaired) electrons. The zero-order chi connectivity index (χ0) is 16.8. The third-order valence-electron chi connectivity index (χ3n) is 4.82. The lowest BCUT2D eigenvalue weighted by molar-refractivity contribution is -0.121. The van der Waals surface area contributed by atoms with Crippen molar-refractivity contribution in [3.05, 3.63) is 40.7 Å². The fourth-order valence-electron chi connectivity index (χ4n) is 3.49. The number of amides is 1. The smallest absolute Gasteiger partial charge is 0.220 e. The number of nitrogens with one attached hydrogen (secondary N) is 2. The lowest BCUT2D eigenvalue weighted by atomic mass is 9.79. The first-order valence-electron chi connectivity index (χ1n) is 8.43. The summed E-state index contributed by atoms with van der Waals surface area (Å²) in [7, 11) is 0. The molecule has 2 N–H and O–H groups in total. The predicted octanol–water partition coefficient (Wildman–Crippen LogP) is 2.80. The Morgan fingerprint density at radius 1 is 1.33 bits per heavy atom. The Hall–Kier alpha value is -1.95. The van der Waals surface area contributed by atoms with Gasteiger partial charge in [-0.2, -0.15) is 5.21 Å². The fraction of sp³-hybridized carbons (Fsp3) is 0.529. The number of hydrogen-bond donors (Lipinski definition) is 2. The van der Waals surface area contributed by atoms with Gasteiger partial charge in [0.2, 0.25) is 5.91 Å². The summed E-state index contributed by atoms with van der Waals surface area (Å²) < 4.78 is 0. The van der Waals surface area contributed by atoms with Gasteiger partial charge < -0.3 is 5.32 Å². The number of tetrazole rings is 1. The number of nitrogens with zero attached hydrogens (tertiary/aromatic N) is 3. The van der Waals surface area contributed by atoms with Crippen molar-refractivity contribution in [2.75, 3.05) is 6.54 Å². The van der Waals surface area contributed by atoms with E-state index < -0.39 is 0 Å². The number of aromatic nitrogens is 4. The number of carbonyl (C=O) groups excluding carboxylic acids is 1. The number of halogens is 1. The lowest BCUT2D eigenvalue weighted by Gasteiger charge is -2.30. The molecule has 128 valence electrons. The quantitative estimate of drug-likeness (QED) is 0.806. The van der Waals surface area contributed by atoms with Crippen LogP contribution in [0.1, 0.15) is 49.9 Å². The lowest BCUT2D eigenvalue weighted by Crippen LogP contribution is -2.39. The molecule has 1 aliphatic rings. The van der Waals surface area contributed by atoms with Gasteiger partial charge in [-0.05, 0) is 37.0 Å². The summed E-state index contributed by atoms with van der Waals surface area (Å²) in [6.07, 6.45) is 6.42. The SMILES string of the molecule is O=C(CCCc1nn[nH]n1)NCC1(c2cccc(Cl)c2)CCCC1. The molecule has 1 aromatic heterocycles. The molecule has 1 amide bonds. The number of benzene rings is 1. The van der Waals surface area contributed by atoms with Gasteiger partial charge in [-0.15, -0.1) is 10.2 Å². The van der Waals surface area contributed by atoms with Gasteiger partial charge in [-0.25, -0.2) is 0 Å². The Labute approximate surface area is 146 Å². The summed E-state index contributed by atoms with van der Waals surface area (Å²) in [6, 6.07) is 8.05. The maximum Gasteiger partial charge on any atom is 0.220 e. The van der Waals surface area contributed by atoms with Gasteiger partial charge in [0, 0.05) is 29.8 Å². The molecule has 2 aromatic rings. The molecule has 0 aliphatic heterocycles. The number of carbonyl (C=O) groups is 1. The average molecular weight is 348 g/mol. The molecule has 1 aromatic carbocycles. The van der Waals surface area contributed by atoms with E-state index in [1.54, 1.807) is 0 Å². The fourth-order valence-corrected chi connectivity index (χ4v) is 3.68. The predicted molar refractivity (Wildman–Crippen MR) is 91.7 cm³/mol. The van der Waals surface area contributed by atoms with Crippen molar-refractivity contribution in [1.29, 1.82) is 0 Å². The molecule has 0 atom stereocenters. The summed E-state index contributed by atoms with van der Waals surface area (Å²) in [4.78, 5) is 12.2. The van der Waals surface area contributed by atoms with E-state index in [9.17, 15) is 4.79 Å². The van der Waals surface area contributed by atoms with Crippen molar-refractivity contribution >= 4 is 17.5 Å². The molecule has 0 saturated heterocycles. The number of aryl methyl sites for hydroxylation is 1. The first kappa shape index (κ1) is 16.9. The summed E-state index contributed by atoms with van der Waals surface area (Å²) in [5.41, 5.74) is 1.26. The third-order valence-corrected chi connectivity index (χ3v) is 5.05. The monoisotopic (exact) mass is 347 g/mol. The van der Waals surface area contributed by atoms with Crippen LogP contribution in [0.2, 0.25) is 5.02 Å². The normalized spacial score (nSPS) is 16.2. The first-order valence-corrected chi connectivity index (χ1v) is 8.81. The van der Waals surface area contributed by atoms with Gasteiger partial charge in [-0.1, -0.05) is 41.8 Å². The van der Waals surface area contributed by atoms with Crippen LogP contribution >= 0.6 is 11.6 Å². The molecular formula is C17H22ClN5O. The molecule has 3 rings (SSSR count). The number of hydrogen-bond acceptors (Lipinski definition) is 4. The third kappa shape index (κ3) is 4.12. The van der Waals surface area contributed by atoms with E-state index in [1.807, 2.05) is 18.2 Å². The van der Waals surface area contributed by atoms with Crippen molar-refractivity contribution in [2.24, 2.45) is 0 Å². The summed E-state index contributed by atoms with van der Waals surface area (Å²) in [5, 5.41) is 17.6. The van der Waals surface area contributed by atoms with Crippen LogP contribution in [0.4, 0.5) is 0 Å². The first-order chi connectivity index (χ1) is 11.7. The Morgan fingerprint density at radius 3 is 2.88 bits per heavy atom.